The maximum Gasteiger partial charge on any atom is 0.404 e. The third kappa shape index (κ3) is 3.67. The van der Waals surface area contributed by atoms with Crippen LogP contribution in [0.25, 0.3) is 22.0 Å². The van der Waals surface area contributed by atoms with E-state index in [9.17, 15) is 9.18 Å². The Hall–Kier alpha value is -3.00. The molecule has 2 aromatic carbocycles. The van der Waals surface area contributed by atoms with Gasteiger partial charge in [0, 0.05) is 42.4 Å². The second kappa shape index (κ2) is 7.79. The van der Waals surface area contributed by atoms with Crippen LogP contribution >= 0.6 is 11.6 Å². The number of nitrogens with zero attached hydrogens (tertiary/aromatic N) is 3. The van der Waals surface area contributed by atoms with Crippen molar-refractivity contribution in [2.24, 2.45) is 5.73 Å². The lowest BCUT2D eigenvalue weighted by Crippen LogP contribution is -2.39. The molecule has 1 amide bonds. The fourth-order valence-corrected chi connectivity index (χ4v) is 3.92. The van der Waals surface area contributed by atoms with Gasteiger partial charge in [0.25, 0.3) is 0 Å². The monoisotopic (exact) mass is 418 g/mol. The molecule has 0 saturated carbocycles. The third-order valence-corrected chi connectivity index (χ3v) is 5.27. The van der Waals surface area contributed by atoms with E-state index in [2.05, 4.69) is 9.97 Å². The molecule has 150 valence electrons. The Morgan fingerprint density at radius 1 is 1.21 bits per heavy atom. The van der Waals surface area contributed by atoms with Crippen LogP contribution in [0.2, 0.25) is 5.02 Å². The number of hydrogen-bond acceptors (Lipinski definition) is 5. The van der Waals surface area contributed by atoms with Gasteiger partial charge in [0.1, 0.15) is 29.6 Å². The number of anilines is 1. The van der Waals surface area contributed by atoms with E-state index in [1.165, 1.54) is 24.5 Å². The summed E-state index contributed by atoms with van der Waals surface area (Å²) in [6.07, 6.45) is 1.34. The van der Waals surface area contributed by atoms with E-state index in [0.717, 1.165) is 0 Å². The second-order valence-electron chi connectivity index (χ2n) is 6.74. The van der Waals surface area contributed by atoms with E-state index in [1.807, 2.05) is 4.90 Å². The average Bonchev–Trinajstić information content (AvgIpc) is 2.69. The summed E-state index contributed by atoms with van der Waals surface area (Å²) in [6, 6.07) is 7.42. The number of carbonyl (C=O) groups is 1. The summed E-state index contributed by atoms with van der Waals surface area (Å²) in [7, 11) is 0. The molecule has 1 aliphatic rings. The number of rotatable bonds is 3. The molecule has 2 heterocycles. The van der Waals surface area contributed by atoms with Crippen molar-refractivity contribution in [2.75, 3.05) is 18.0 Å². The van der Waals surface area contributed by atoms with Crippen molar-refractivity contribution in [3.63, 3.8) is 0 Å². The minimum atomic E-state index is -0.800. The van der Waals surface area contributed by atoms with Gasteiger partial charge in [-0.15, -0.1) is 0 Å². The highest BCUT2D eigenvalue weighted by Crippen LogP contribution is 2.38. The first-order chi connectivity index (χ1) is 14.0. The van der Waals surface area contributed by atoms with Crippen LogP contribution in [0, 0.1) is 11.6 Å². The Bertz CT molecular complexity index is 1090. The number of carbonyl (C=O) groups excluding carboxylic acids is 1. The van der Waals surface area contributed by atoms with Crippen LogP contribution in [-0.4, -0.2) is 35.3 Å². The summed E-state index contributed by atoms with van der Waals surface area (Å²) < 4.78 is 34.6. The van der Waals surface area contributed by atoms with Crippen LogP contribution in [0.15, 0.2) is 36.7 Å². The molecule has 2 N–H and O–H groups in total. The second-order valence-corrected chi connectivity index (χ2v) is 7.15. The maximum atomic E-state index is 15.3. The van der Waals surface area contributed by atoms with Gasteiger partial charge in [-0.3, -0.25) is 0 Å². The number of aromatic nitrogens is 2. The molecule has 6 nitrogen and oxygen atoms in total. The Kier molecular flexibility index (Phi) is 5.19. The predicted octanol–water partition coefficient (Wildman–Crippen LogP) is 4.29. The van der Waals surface area contributed by atoms with Gasteiger partial charge in [0.15, 0.2) is 5.82 Å². The van der Waals surface area contributed by atoms with Gasteiger partial charge in [-0.25, -0.2) is 23.5 Å². The molecule has 4 rings (SSSR count). The normalized spacial score (nSPS) is 14.9. The fraction of sp³-hybridized carbons (Fsp3) is 0.250. The largest absolute Gasteiger partial charge is 0.446 e. The number of fused-ring (bicyclic) bond motifs is 1. The zero-order chi connectivity index (χ0) is 20.5. The molecule has 0 aliphatic carbocycles. The Morgan fingerprint density at radius 3 is 2.62 bits per heavy atom. The molecule has 0 unspecified atom stereocenters. The molecule has 1 aromatic heterocycles. The van der Waals surface area contributed by atoms with Crippen LogP contribution in [0.1, 0.15) is 12.8 Å². The molecule has 3 aromatic rings. The number of benzene rings is 2. The molecule has 0 bridgehead atoms. The lowest BCUT2D eigenvalue weighted by molar-refractivity contribution is 0.0912. The minimum Gasteiger partial charge on any atom is -0.446 e. The number of nitrogens with two attached hydrogens (primary N) is 1. The van der Waals surface area contributed by atoms with Crippen molar-refractivity contribution < 1.29 is 18.3 Å². The van der Waals surface area contributed by atoms with Crippen molar-refractivity contribution in [1.82, 2.24) is 9.97 Å². The van der Waals surface area contributed by atoms with Gasteiger partial charge >= 0.3 is 6.09 Å². The van der Waals surface area contributed by atoms with Gasteiger partial charge in [-0.1, -0.05) is 29.8 Å². The lowest BCUT2D eigenvalue weighted by Gasteiger charge is -2.32. The van der Waals surface area contributed by atoms with Crippen LogP contribution in [-0.2, 0) is 4.74 Å². The summed E-state index contributed by atoms with van der Waals surface area (Å²) in [6.45, 7) is 1.08. The highest BCUT2D eigenvalue weighted by Gasteiger charge is 2.26. The van der Waals surface area contributed by atoms with Crippen molar-refractivity contribution in [2.45, 2.75) is 18.9 Å². The smallest absolute Gasteiger partial charge is 0.404 e. The topological polar surface area (TPSA) is 81.3 Å². The fourth-order valence-electron chi connectivity index (χ4n) is 3.63. The zero-order valence-electron chi connectivity index (χ0n) is 15.2. The highest BCUT2D eigenvalue weighted by atomic mass is 35.5. The van der Waals surface area contributed by atoms with Gasteiger partial charge in [-0.2, -0.15) is 0 Å². The van der Waals surface area contributed by atoms with E-state index < -0.39 is 17.7 Å². The number of ether oxygens (including phenoxy) is 1. The van der Waals surface area contributed by atoms with Crippen molar-refractivity contribution in [3.8, 4) is 11.1 Å². The van der Waals surface area contributed by atoms with E-state index >= 15 is 4.39 Å². The maximum absolute atomic E-state index is 15.3. The predicted molar refractivity (Wildman–Crippen MR) is 106 cm³/mol. The SMILES string of the molecule is NC(=O)OC1CCN(c2ncnc3c(F)c(-c4ccccc4F)c(Cl)cc23)CC1. The van der Waals surface area contributed by atoms with Gasteiger partial charge in [0.05, 0.1) is 5.02 Å². The Balaban J connectivity index is 1.74. The quantitative estimate of drug-likeness (QED) is 0.686. The molecule has 1 aliphatic heterocycles. The molecular formula is C20H17ClF2N4O2. The van der Waals surface area contributed by atoms with Crippen molar-refractivity contribution >= 4 is 34.4 Å². The first-order valence-corrected chi connectivity index (χ1v) is 9.42. The van der Waals surface area contributed by atoms with Crippen molar-refractivity contribution in [1.29, 1.82) is 0 Å². The summed E-state index contributed by atoms with van der Waals surface area (Å²) in [5, 5.41) is 0.507. The van der Waals surface area contributed by atoms with Crippen LogP contribution in [0.3, 0.4) is 0 Å². The molecule has 0 atom stereocenters. The summed E-state index contributed by atoms with van der Waals surface area (Å²) in [4.78, 5) is 21.2. The van der Waals surface area contributed by atoms with Crippen molar-refractivity contribution in [3.05, 3.63) is 53.3 Å². The van der Waals surface area contributed by atoms with Crippen LogP contribution < -0.4 is 10.6 Å². The molecule has 1 saturated heterocycles. The van der Waals surface area contributed by atoms with Gasteiger partial charge in [0.2, 0.25) is 0 Å². The number of hydrogen-bond donors (Lipinski definition) is 1. The zero-order valence-corrected chi connectivity index (χ0v) is 16.0. The Morgan fingerprint density at radius 2 is 1.93 bits per heavy atom. The van der Waals surface area contributed by atoms with E-state index in [0.29, 0.717) is 37.1 Å². The third-order valence-electron chi connectivity index (χ3n) is 4.97. The molecule has 29 heavy (non-hydrogen) atoms. The summed E-state index contributed by atoms with van der Waals surface area (Å²) >= 11 is 6.35. The first-order valence-electron chi connectivity index (χ1n) is 9.04. The first kappa shape index (κ1) is 19.3. The van der Waals surface area contributed by atoms with Gasteiger partial charge in [-0.05, 0) is 12.1 Å². The molecule has 9 heteroatoms. The summed E-state index contributed by atoms with van der Waals surface area (Å²) in [5.74, 6) is -0.750. The average molecular weight is 419 g/mol. The van der Waals surface area contributed by atoms with E-state index in [-0.39, 0.29) is 27.8 Å². The lowest BCUT2D eigenvalue weighted by atomic mass is 10.0. The van der Waals surface area contributed by atoms with Gasteiger partial charge < -0.3 is 15.4 Å². The van der Waals surface area contributed by atoms with Crippen LogP contribution in [0.5, 0.6) is 0 Å². The Labute approximate surface area is 170 Å². The molecule has 0 spiro atoms. The van der Waals surface area contributed by atoms with E-state index in [1.54, 1.807) is 12.1 Å². The molecule has 1 fully saturated rings. The molecular weight excluding hydrogens is 402 g/mol. The highest BCUT2D eigenvalue weighted by molar-refractivity contribution is 6.34. The number of amides is 1. The van der Waals surface area contributed by atoms with Crippen LogP contribution in [0.4, 0.5) is 19.4 Å². The molecule has 0 radical (unpaired) electrons. The standard InChI is InChI=1S/C20H17ClF2N4O2/c21-14-9-13-18(17(23)16(14)12-3-1-2-4-15(12)22)25-10-26-19(13)27-7-5-11(6-8-27)29-20(24)28/h1-4,9-11H,5-8H2,(H2,24,28). The summed E-state index contributed by atoms with van der Waals surface area (Å²) in [5.41, 5.74) is 5.17. The number of primary amides is 1. The number of halogens is 3. The minimum absolute atomic E-state index is 0.0320. The van der Waals surface area contributed by atoms with E-state index in [4.69, 9.17) is 22.1 Å². The number of piperidine rings is 1.